The summed E-state index contributed by atoms with van der Waals surface area (Å²) in [4.78, 5) is 16.5. The molecule has 0 fully saturated rings. The van der Waals surface area contributed by atoms with E-state index in [1.54, 1.807) is 37.4 Å². The van der Waals surface area contributed by atoms with Gasteiger partial charge in [-0.25, -0.2) is 4.79 Å². The fraction of sp³-hybridized carbons (Fsp3) is 0.0667. The zero-order valence-electron chi connectivity index (χ0n) is 11.4. The van der Waals surface area contributed by atoms with E-state index in [1.807, 2.05) is 6.07 Å². The van der Waals surface area contributed by atoms with Crippen LogP contribution in [0.3, 0.4) is 0 Å². The van der Waals surface area contributed by atoms with Crippen LogP contribution in [-0.2, 0) is 0 Å². The summed E-state index contributed by atoms with van der Waals surface area (Å²) in [7, 11) is 1.71. The van der Waals surface area contributed by atoms with E-state index >= 15 is 0 Å². The van der Waals surface area contributed by atoms with Crippen LogP contribution in [0.4, 0.5) is 5.82 Å². The van der Waals surface area contributed by atoms with Crippen LogP contribution < -0.4 is 11.0 Å². The molecule has 0 bridgehead atoms. The number of rotatable bonds is 2. The Hall–Kier alpha value is -1.56. The van der Waals surface area contributed by atoms with E-state index in [4.69, 9.17) is 23.2 Å². The van der Waals surface area contributed by atoms with Crippen molar-refractivity contribution in [1.82, 2.24) is 9.55 Å². The Morgan fingerprint density at radius 2 is 1.91 bits per heavy atom. The summed E-state index contributed by atoms with van der Waals surface area (Å²) in [5, 5.41) is 4.66. The van der Waals surface area contributed by atoms with Gasteiger partial charge in [-0.05, 0) is 40.2 Å². The number of para-hydroxylation sites is 1. The van der Waals surface area contributed by atoms with Gasteiger partial charge in [0.15, 0.2) is 0 Å². The highest BCUT2D eigenvalue weighted by Gasteiger charge is 2.15. The van der Waals surface area contributed by atoms with Crippen molar-refractivity contribution in [3.8, 4) is 5.69 Å². The molecule has 0 saturated heterocycles. The summed E-state index contributed by atoms with van der Waals surface area (Å²) in [5.41, 5.74) is 0.816. The van der Waals surface area contributed by atoms with Crippen LogP contribution in [-0.4, -0.2) is 16.6 Å². The first kappa shape index (κ1) is 15.3. The Bertz CT molecular complexity index is 940. The first-order valence-corrected chi connectivity index (χ1v) is 7.92. The maximum absolute atomic E-state index is 12.5. The second kappa shape index (κ2) is 5.91. The number of anilines is 1. The molecule has 0 aliphatic rings. The van der Waals surface area contributed by atoms with E-state index in [0.29, 0.717) is 31.5 Å². The maximum Gasteiger partial charge on any atom is 0.354 e. The summed E-state index contributed by atoms with van der Waals surface area (Å²) in [5.74, 6) is 0.470. The molecule has 1 heterocycles. The van der Waals surface area contributed by atoms with Gasteiger partial charge in [0.05, 0.1) is 21.2 Å². The molecule has 0 radical (unpaired) electrons. The van der Waals surface area contributed by atoms with E-state index in [0.717, 1.165) is 5.39 Å². The third-order valence-corrected chi connectivity index (χ3v) is 4.78. The van der Waals surface area contributed by atoms with Gasteiger partial charge in [0.1, 0.15) is 5.82 Å². The molecule has 0 unspecified atom stereocenters. The fourth-order valence-corrected chi connectivity index (χ4v) is 2.99. The van der Waals surface area contributed by atoms with Crippen LogP contribution in [0.1, 0.15) is 0 Å². The van der Waals surface area contributed by atoms with Gasteiger partial charge in [0, 0.05) is 16.9 Å². The molecule has 0 aliphatic heterocycles. The zero-order chi connectivity index (χ0) is 15.9. The summed E-state index contributed by atoms with van der Waals surface area (Å²) < 4.78 is 2.16. The SMILES string of the molecule is CNc1nc(=O)n(-c2ccccc2Cl)c2cc(Br)c(Cl)cc12. The van der Waals surface area contributed by atoms with Gasteiger partial charge in [-0.1, -0.05) is 35.3 Å². The molecule has 0 aliphatic carbocycles. The van der Waals surface area contributed by atoms with Gasteiger partial charge in [0.25, 0.3) is 0 Å². The van der Waals surface area contributed by atoms with Crippen molar-refractivity contribution in [2.75, 3.05) is 12.4 Å². The minimum atomic E-state index is -0.417. The van der Waals surface area contributed by atoms with Crippen LogP contribution in [0.5, 0.6) is 0 Å². The van der Waals surface area contributed by atoms with E-state index < -0.39 is 5.69 Å². The Morgan fingerprint density at radius 3 is 2.59 bits per heavy atom. The molecule has 0 atom stereocenters. The third-order valence-electron chi connectivity index (χ3n) is 3.26. The van der Waals surface area contributed by atoms with Crippen LogP contribution in [0.25, 0.3) is 16.6 Å². The number of benzene rings is 2. The Morgan fingerprint density at radius 1 is 1.18 bits per heavy atom. The van der Waals surface area contributed by atoms with Gasteiger partial charge >= 0.3 is 5.69 Å². The fourth-order valence-electron chi connectivity index (χ4n) is 2.28. The highest BCUT2D eigenvalue weighted by atomic mass is 79.9. The lowest BCUT2D eigenvalue weighted by atomic mass is 10.2. The van der Waals surface area contributed by atoms with Gasteiger partial charge in [0.2, 0.25) is 0 Å². The number of hydrogen-bond acceptors (Lipinski definition) is 3. The minimum Gasteiger partial charge on any atom is -0.372 e. The smallest absolute Gasteiger partial charge is 0.354 e. The predicted molar refractivity (Wildman–Crippen MR) is 94.6 cm³/mol. The van der Waals surface area contributed by atoms with E-state index in [2.05, 4.69) is 26.2 Å². The topological polar surface area (TPSA) is 46.9 Å². The molecule has 112 valence electrons. The minimum absolute atomic E-state index is 0.417. The lowest BCUT2D eigenvalue weighted by Crippen LogP contribution is -2.23. The molecule has 1 aromatic heterocycles. The quantitative estimate of drug-likeness (QED) is 0.691. The first-order chi connectivity index (χ1) is 10.5. The van der Waals surface area contributed by atoms with Crippen molar-refractivity contribution < 1.29 is 0 Å². The van der Waals surface area contributed by atoms with Crippen LogP contribution >= 0.6 is 39.1 Å². The largest absolute Gasteiger partial charge is 0.372 e. The molecular formula is C15H10BrCl2N3O. The molecule has 3 rings (SSSR count). The van der Waals surface area contributed by atoms with Gasteiger partial charge in [-0.15, -0.1) is 0 Å². The average molecular weight is 399 g/mol. The number of fused-ring (bicyclic) bond motifs is 1. The van der Waals surface area contributed by atoms with Crippen molar-refractivity contribution in [2.24, 2.45) is 0 Å². The van der Waals surface area contributed by atoms with Gasteiger partial charge in [-0.2, -0.15) is 4.98 Å². The van der Waals surface area contributed by atoms with E-state index in [1.165, 1.54) is 4.57 Å². The number of nitrogens with one attached hydrogen (secondary N) is 1. The van der Waals surface area contributed by atoms with Crippen LogP contribution in [0.15, 0.2) is 45.7 Å². The third kappa shape index (κ3) is 2.49. The summed E-state index contributed by atoms with van der Waals surface area (Å²) in [6, 6.07) is 10.7. The van der Waals surface area contributed by atoms with E-state index in [9.17, 15) is 4.79 Å². The number of halogens is 3. The number of hydrogen-bond donors (Lipinski definition) is 1. The molecule has 0 amide bonds. The van der Waals surface area contributed by atoms with Crippen molar-refractivity contribution in [3.05, 3.63) is 61.4 Å². The molecule has 0 saturated carbocycles. The molecule has 7 heteroatoms. The monoisotopic (exact) mass is 397 g/mol. The first-order valence-electron chi connectivity index (χ1n) is 6.37. The Balaban J connectivity index is 2.50. The summed E-state index contributed by atoms with van der Waals surface area (Å²) in [6.45, 7) is 0. The number of nitrogens with zero attached hydrogens (tertiary/aromatic N) is 2. The zero-order valence-corrected chi connectivity index (χ0v) is 14.5. The second-order valence-electron chi connectivity index (χ2n) is 4.56. The molecule has 3 aromatic rings. The van der Waals surface area contributed by atoms with Crippen molar-refractivity contribution in [1.29, 1.82) is 0 Å². The molecular weight excluding hydrogens is 389 g/mol. The molecule has 1 N–H and O–H groups in total. The van der Waals surface area contributed by atoms with Crippen molar-refractivity contribution in [3.63, 3.8) is 0 Å². The molecule has 0 spiro atoms. The lowest BCUT2D eigenvalue weighted by molar-refractivity contribution is 0.961. The average Bonchev–Trinajstić information content (AvgIpc) is 2.50. The molecule has 22 heavy (non-hydrogen) atoms. The van der Waals surface area contributed by atoms with Crippen molar-refractivity contribution >= 4 is 55.9 Å². The van der Waals surface area contributed by atoms with Gasteiger partial charge < -0.3 is 5.32 Å². The normalized spacial score (nSPS) is 10.9. The second-order valence-corrected chi connectivity index (χ2v) is 6.23. The van der Waals surface area contributed by atoms with Gasteiger partial charge in [-0.3, -0.25) is 4.57 Å². The Labute approximate surface area is 144 Å². The molecule has 2 aromatic carbocycles. The maximum atomic E-state index is 12.5. The van der Waals surface area contributed by atoms with Crippen LogP contribution in [0, 0.1) is 0 Å². The lowest BCUT2D eigenvalue weighted by Gasteiger charge is -2.14. The predicted octanol–water partition coefficient (Wildman–Crippen LogP) is 4.50. The highest BCUT2D eigenvalue weighted by Crippen LogP contribution is 2.32. The van der Waals surface area contributed by atoms with Crippen molar-refractivity contribution in [2.45, 2.75) is 0 Å². The Kier molecular flexibility index (Phi) is 4.12. The summed E-state index contributed by atoms with van der Waals surface area (Å²) in [6.07, 6.45) is 0. The highest BCUT2D eigenvalue weighted by molar-refractivity contribution is 9.10. The number of aromatic nitrogens is 2. The molecule has 4 nitrogen and oxygen atoms in total. The van der Waals surface area contributed by atoms with E-state index in [-0.39, 0.29) is 0 Å². The van der Waals surface area contributed by atoms with Crippen LogP contribution in [0.2, 0.25) is 10.0 Å². The standard InChI is InChI=1S/C15H10BrCl2N3O/c1-19-14-8-6-11(18)9(16)7-13(8)21(15(22)20-14)12-5-3-2-4-10(12)17/h2-7H,1H3,(H,19,20,22). The summed E-state index contributed by atoms with van der Waals surface area (Å²) >= 11 is 15.8.